The van der Waals surface area contributed by atoms with Crippen LogP contribution in [-0.4, -0.2) is 34.2 Å². The van der Waals surface area contributed by atoms with Crippen molar-refractivity contribution in [3.8, 4) is 11.4 Å². The van der Waals surface area contributed by atoms with Crippen molar-refractivity contribution in [2.75, 3.05) is 13.2 Å². The summed E-state index contributed by atoms with van der Waals surface area (Å²) in [5, 5.41) is 8.96. The molecule has 0 N–H and O–H groups in total. The third-order valence-electron chi connectivity index (χ3n) is 3.37. The number of carbonyl (C=O) groups is 1. The van der Waals surface area contributed by atoms with Crippen LogP contribution in [0.2, 0.25) is 0 Å². The van der Waals surface area contributed by atoms with E-state index in [0.717, 1.165) is 28.4 Å². The monoisotopic (exact) mass is 323 g/mol. The summed E-state index contributed by atoms with van der Waals surface area (Å²) < 4.78 is 10.6. The first kappa shape index (κ1) is 15.7. The van der Waals surface area contributed by atoms with E-state index < -0.39 is 5.97 Å². The quantitative estimate of drug-likeness (QED) is 0.396. The molecule has 0 amide bonds. The Hall–Kier alpha value is -3.15. The van der Waals surface area contributed by atoms with E-state index in [-0.39, 0.29) is 13.2 Å². The van der Waals surface area contributed by atoms with Gasteiger partial charge in [0.1, 0.15) is 35.7 Å². The van der Waals surface area contributed by atoms with Crippen molar-refractivity contribution in [1.29, 1.82) is 0 Å². The summed E-state index contributed by atoms with van der Waals surface area (Å²) >= 11 is 0. The second kappa shape index (κ2) is 6.95. The van der Waals surface area contributed by atoms with E-state index in [9.17, 15) is 4.79 Å². The number of nitrogens with zero attached hydrogens (tertiary/aromatic N) is 3. The van der Waals surface area contributed by atoms with E-state index in [4.69, 9.17) is 9.47 Å². The Morgan fingerprint density at radius 3 is 2.54 bits per heavy atom. The normalized spacial score (nSPS) is 10.5. The van der Waals surface area contributed by atoms with Gasteiger partial charge in [0.05, 0.1) is 0 Å². The highest BCUT2D eigenvalue weighted by Crippen LogP contribution is 2.24. The van der Waals surface area contributed by atoms with Crippen LogP contribution in [0.3, 0.4) is 0 Å². The standard InChI is InChI=1S/C18H17N3O3/c1-3-18(22)24-11-10-23-17-9-8-13(2)12-16(17)21-19-14-6-4-5-7-15(14)20-21/h3-9,12H,1,10-11H2,2H3. The predicted molar refractivity (Wildman–Crippen MR) is 90.3 cm³/mol. The van der Waals surface area contributed by atoms with E-state index >= 15 is 0 Å². The van der Waals surface area contributed by atoms with Gasteiger partial charge in [-0.3, -0.25) is 0 Å². The number of rotatable bonds is 6. The minimum atomic E-state index is -0.470. The van der Waals surface area contributed by atoms with Crippen molar-refractivity contribution in [3.63, 3.8) is 0 Å². The van der Waals surface area contributed by atoms with Crippen LogP contribution < -0.4 is 4.74 Å². The van der Waals surface area contributed by atoms with Crippen molar-refractivity contribution in [1.82, 2.24) is 15.0 Å². The van der Waals surface area contributed by atoms with Crippen LogP contribution in [0.1, 0.15) is 5.56 Å². The number of hydrogen-bond acceptors (Lipinski definition) is 5. The molecule has 0 saturated carbocycles. The van der Waals surface area contributed by atoms with Gasteiger partial charge in [0.2, 0.25) is 0 Å². The van der Waals surface area contributed by atoms with Crippen molar-refractivity contribution in [3.05, 3.63) is 60.7 Å². The number of esters is 1. The summed E-state index contributed by atoms with van der Waals surface area (Å²) in [7, 11) is 0. The SMILES string of the molecule is C=CC(=O)OCCOc1ccc(C)cc1-n1nc2ccccc2n1. The molecule has 0 spiro atoms. The molecule has 1 heterocycles. The van der Waals surface area contributed by atoms with E-state index in [1.54, 1.807) is 4.80 Å². The van der Waals surface area contributed by atoms with E-state index in [2.05, 4.69) is 16.8 Å². The van der Waals surface area contributed by atoms with Crippen LogP contribution in [0.15, 0.2) is 55.1 Å². The first-order chi connectivity index (χ1) is 11.7. The summed E-state index contributed by atoms with van der Waals surface area (Å²) in [6, 6.07) is 13.4. The van der Waals surface area contributed by atoms with Gasteiger partial charge >= 0.3 is 5.97 Å². The highest BCUT2D eigenvalue weighted by Gasteiger charge is 2.11. The summed E-state index contributed by atoms with van der Waals surface area (Å²) in [4.78, 5) is 12.6. The molecule has 0 fully saturated rings. The minimum absolute atomic E-state index is 0.146. The van der Waals surface area contributed by atoms with Crippen molar-refractivity contribution in [2.24, 2.45) is 0 Å². The molecule has 0 radical (unpaired) electrons. The predicted octanol–water partition coefficient (Wildman–Crippen LogP) is 2.84. The Labute approximate surface area is 139 Å². The number of benzene rings is 2. The van der Waals surface area contributed by atoms with Crippen LogP contribution in [0.4, 0.5) is 0 Å². The fourth-order valence-corrected chi connectivity index (χ4v) is 2.23. The van der Waals surface area contributed by atoms with E-state index in [0.29, 0.717) is 5.75 Å². The van der Waals surface area contributed by atoms with Crippen LogP contribution >= 0.6 is 0 Å². The molecule has 0 bridgehead atoms. The van der Waals surface area contributed by atoms with Crippen molar-refractivity contribution >= 4 is 17.0 Å². The number of hydrogen-bond donors (Lipinski definition) is 0. The van der Waals surface area contributed by atoms with Crippen LogP contribution in [0.5, 0.6) is 5.75 Å². The van der Waals surface area contributed by atoms with Crippen LogP contribution in [-0.2, 0) is 9.53 Å². The average Bonchev–Trinajstić information content (AvgIpc) is 3.03. The van der Waals surface area contributed by atoms with Gasteiger partial charge in [-0.15, -0.1) is 15.0 Å². The van der Waals surface area contributed by atoms with Gasteiger partial charge in [-0.05, 0) is 36.8 Å². The van der Waals surface area contributed by atoms with Gasteiger partial charge in [-0.2, -0.15) is 0 Å². The average molecular weight is 323 g/mol. The fourth-order valence-electron chi connectivity index (χ4n) is 2.23. The number of aryl methyl sites for hydroxylation is 1. The highest BCUT2D eigenvalue weighted by molar-refractivity contribution is 5.81. The molecule has 2 aromatic carbocycles. The zero-order valence-corrected chi connectivity index (χ0v) is 13.3. The lowest BCUT2D eigenvalue weighted by atomic mass is 10.2. The van der Waals surface area contributed by atoms with Gasteiger partial charge in [0.15, 0.2) is 0 Å². The lowest BCUT2D eigenvalue weighted by Gasteiger charge is -2.11. The van der Waals surface area contributed by atoms with Gasteiger partial charge in [-0.25, -0.2) is 4.79 Å². The molecule has 3 aromatic rings. The summed E-state index contributed by atoms with van der Waals surface area (Å²) in [5.41, 5.74) is 3.42. The molecular weight excluding hydrogens is 306 g/mol. The smallest absolute Gasteiger partial charge is 0.330 e. The molecule has 1 aromatic heterocycles. The summed E-state index contributed by atoms with van der Waals surface area (Å²) in [6.07, 6.45) is 1.12. The second-order valence-electron chi connectivity index (χ2n) is 5.17. The number of aromatic nitrogens is 3. The zero-order valence-electron chi connectivity index (χ0n) is 13.3. The number of ether oxygens (including phenoxy) is 2. The number of carbonyl (C=O) groups excluding carboxylic acids is 1. The summed E-state index contributed by atoms with van der Waals surface area (Å²) in [6.45, 7) is 5.71. The van der Waals surface area contributed by atoms with Gasteiger partial charge in [-0.1, -0.05) is 24.8 Å². The molecule has 3 rings (SSSR count). The molecule has 0 aliphatic rings. The second-order valence-corrected chi connectivity index (χ2v) is 5.17. The Bertz CT molecular complexity index is 853. The molecule has 122 valence electrons. The zero-order chi connectivity index (χ0) is 16.9. The largest absolute Gasteiger partial charge is 0.488 e. The minimum Gasteiger partial charge on any atom is -0.488 e. The molecule has 0 aliphatic heterocycles. The molecule has 0 saturated heterocycles. The molecule has 0 aliphatic carbocycles. The molecule has 6 heteroatoms. The Balaban J connectivity index is 1.82. The van der Waals surface area contributed by atoms with E-state index in [1.807, 2.05) is 49.4 Å². The summed E-state index contributed by atoms with van der Waals surface area (Å²) in [5.74, 6) is 0.151. The van der Waals surface area contributed by atoms with Crippen molar-refractivity contribution in [2.45, 2.75) is 6.92 Å². The molecular formula is C18H17N3O3. The highest BCUT2D eigenvalue weighted by atomic mass is 16.6. The molecule has 0 atom stereocenters. The van der Waals surface area contributed by atoms with Gasteiger partial charge in [0, 0.05) is 6.08 Å². The number of fused-ring (bicyclic) bond motifs is 1. The molecule has 0 unspecified atom stereocenters. The van der Waals surface area contributed by atoms with Gasteiger partial charge < -0.3 is 9.47 Å². The molecule has 6 nitrogen and oxygen atoms in total. The first-order valence-electron chi connectivity index (χ1n) is 7.52. The Morgan fingerprint density at radius 2 is 1.88 bits per heavy atom. The maximum absolute atomic E-state index is 11.0. The van der Waals surface area contributed by atoms with E-state index in [1.165, 1.54) is 0 Å². The third kappa shape index (κ3) is 3.43. The topological polar surface area (TPSA) is 66.2 Å². The van der Waals surface area contributed by atoms with Crippen molar-refractivity contribution < 1.29 is 14.3 Å². The lowest BCUT2D eigenvalue weighted by Crippen LogP contribution is -2.12. The Kier molecular flexibility index (Phi) is 4.56. The third-order valence-corrected chi connectivity index (χ3v) is 3.37. The van der Waals surface area contributed by atoms with Crippen LogP contribution in [0, 0.1) is 6.92 Å². The maximum atomic E-state index is 11.0. The lowest BCUT2D eigenvalue weighted by molar-refractivity contribution is -0.138. The maximum Gasteiger partial charge on any atom is 0.330 e. The Morgan fingerprint density at radius 1 is 1.17 bits per heavy atom. The van der Waals surface area contributed by atoms with Crippen LogP contribution in [0.25, 0.3) is 16.7 Å². The van der Waals surface area contributed by atoms with Gasteiger partial charge in [0.25, 0.3) is 0 Å². The molecule has 24 heavy (non-hydrogen) atoms. The fraction of sp³-hybridized carbons (Fsp3) is 0.167. The first-order valence-corrected chi connectivity index (χ1v) is 7.52.